The van der Waals surface area contributed by atoms with Gasteiger partial charge in [0, 0.05) is 31.9 Å². The number of nitrogens with zero attached hydrogens (tertiary/aromatic N) is 1. The van der Waals surface area contributed by atoms with Crippen LogP contribution < -0.4 is 4.74 Å². The summed E-state index contributed by atoms with van der Waals surface area (Å²) >= 11 is 6.80. The van der Waals surface area contributed by atoms with Crippen molar-refractivity contribution in [2.45, 2.75) is 38.1 Å². The Morgan fingerprint density at radius 2 is 1.81 bits per heavy atom. The molecule has 1 amide bonds. The molecule has 3 rings (SSSR count). The maximum absolute atomic E-state index is 12.9. The van der Waals surface area contributed by atoms with E-state index >= 15 is 0 Å². The Hall–Kier alpha value is -1.54. The molecule has 1 heterocycles. The van der Waals surface area contributed by atoms with Crippen molar-refractivity contribution in [1.82, 2.24) is 4.90 Å². The summed E-state index contributed by atoms with van der Waals surface area (Å²) < 4.78 is 6.93. The van der Waals surface area contributed by atoms with Crippen molar-refractivity contribution in [1.29, 1.82) is 0 Å². The molecule has 27 heavy (non-hydrogen) atoms. The zero-order valence-electron chi connectivity index (χ0n) is 14.8. The maximum atomic E-state index is 12.9. The number of ketones is 3. The van der Waals surface area contributed by atoms with Crippen molar-refractivity contribution in [3.8, 4) is 5.75 Å². The highest BCUT2D eigenvalue weighted by molar-refractivity contribution is 9.11. The molecule has 0 unspecified atom stereocenters. The lowest BCUT2D eigenvalue weighted by molar-refractivity contribution is -0.133. The molecule has 0 radical (unpaired) electrons. The minimum Gasteiger partial charge on any atom is -0.489 e. The average molecular weight is 501 g/mol. The van der Waals surface area contributed by atoms with Crippen LogP contribution in [0, 0.1) is 5.92 Å². The molecule has 1 aliphatic heterocycles. The first kappa shape index (κ1) is 20.2. The molecule has 1 aromatic rings. The molecule has 0 N–H and O–H groups in total. The summed E-state index contributed by atoms with van der Waals surface area (Å²) in [5, 5.41) is 0. The Bertz CT molecular complexity index is 807. The topological polar surface area (TPSA) is 80.8 Å². The van der Waals surface area contributed by atoms with E-state index in [9.17, 15) is 19.2 Å². The Morgan fingerprint density at radius 3 is 2.41 bits per heavy atom. The summed E-state index contributed by atoms with van der Waals surface area (Å²) in [4.78, 5) is 50.4. The number of hydrogen-bond acceptors (Lipinski definition) is 5. The fraction of sp³-hybridized carbons (Fsp3) is 0.474. The SMILES string of the molecule is CN1C(=O)CC[C@H]1COc1c(Br)ccc(C(=O)C2C(=O)CCCC2=O)c1Br. The molecule has 1 aliphatic carbocycles. The molecular weight excluding hydrogens is 482 g/mol. The normalized spacial score (nSPS) is 21.1. The second kappa shape index (κ2) is 8.22. The smallest absolute Gasteiger partial charge is 0.222 e. The van der Waals surface area contributed by atoms with Crippen LogP contribution >= 0.6 is 31.9 Å². The van der Waals surface area contributed by atoms with Crippen molar-refractivity contribution in [3.63, 3.8) is 0 Å². The van der Waals surface area contributed by atoms with E-state index < -0.39 is 11.7 Å². The predicted octanol–water partition coefficient (Wildman–Crippen LogP) is 3.33. The fourth-order valence-electron chi connectivity index (χ4n) is 3.45. The number of benzene rings is 1. The van der Waals surface area contributed by atoms with Crippen molar-refractivity contribution in [2.75, 3.05) is 13.7 Å². The third-order valence-corrected chi connectivity index (χ3v) is 6.53. The number of Topliss-reactive ketones (excluding diaryl/α,β-unsaturated/α-hetero) is 3. The van der Waals surface area contributed by atoms with Crippen LogP contribution in [0.25, 0.3) is 0 Å². The Morgan fingerprint density at radius 1 is 1.15 bits per heavy atom. The molecule has 0 spiro atoms. The first-order chi connectivity index (χ1) is 12.8. The van der Waals surface area contributed by atoms with Crippen LogP contribution in [0.1, 0.15) is 42.5 Å². The van der Waals surface area contributed by atoms with Gasteiger partial charge in [0.1, 0.15) is 18.3 Å². The minimum atomic E-state index is -1.22. The maximum Gasteiger partial charge on any atom is 0.222 e. The molecule has 0 bridgehead atoms. The molecule has 2 fully saturated rings. The van der Waals surface area contributed by atoms with Crippen molar-refractivity contribution in [2.24, 2.45) is 5.92 Å². The summed E-state index contributed by atoms with van der Waals surface area (Å²) in [5.41, 5.74) is 0.248. The molecule has 1 saturated carbocycles. The van der Waals surface area contributed by atoms with E-state index in [1.165, 1.54) is 0 Å². The van der Waals surface area contributed by atoms with E-state index in [1.54, 1.807) is 24.1 Å². The van der Waals surface area contributed by atoms with Crippen molar-refractivity contribution in [3.05, 3.63) is 26.6 Å². The lowest BCUT2D eigenvalue weighted by atomic mass is 9.81. The largest absolute Gasteiger partial charge is 0.489 e. The lowest BCUT2D eigenvalue weighted by Gasteiger charge is -2.22. The molecule has 1 saturated heterocycles. The predicted molar refractivity (Wildman–Crippen MR) is 105 cm³/mol. The highest BCUT2D eigenvalue weighted by Crippen LogP contribution is 2.38. The fourth-order valence-corrected chi connectivity index (χ4v) is 4.81. The quantitative estimate of drug-likeness (QED) is 0.457. The Labute approximate surface area is 173 Å². The van der Waals surface area contributed by atoms with E-state index in [-0.39, 0.29) is 41.9 Å². The number of likely N-dealkylation sites (N-methyl/N-ethyl adjacent to an activating group) is 1. The Kier molecular flexibility index (Phi) is 6.15. The van der Waals surface area contributed by atoms with Gasteiger partial charge in [0.25, 0.3) is 0 Å². The minimum absolute atomic E-state index is 0.0304. The van der Waals surface area contributed by atoms with Crippen LogP contribution in [0.2, 0.25) is 0 Å². The van der Waals surface area contributed by atoms with Gasteiger partial charge in [-0.05, 0) is 56.8 Å². The summed E-state index contributed by atoms with van der Waals surface area (Å²) in [6, 6.07) is 3.20. The standard InChI is InChI=1S/C19H19Br2NO5/c1-22-10(5-8-15(22)25)9-27-19-12(20)7-6-11(17(19)21)18(26)16-13(23)3-2-4-14(16)24/h6-7,10,16H,2-5,8-9H2,1H3/t10-/m0/s1. The van der Waals surface area contributed by atoms with Gasteiger partial charge in [-0.1, -0.05) is 0 Å². The number of likely N-dealkylation sites (tertiary alicyclic amines) is 1. The molecule has 144 valence electrons. The van der Waals surface area contributed by atoms with Gasteiger partial charge in [-0.15, -0.1) is 0 Å². The zero-order chi connectivity index (χ0) is 19.7. The second-order valence-electron chi connectivity index (χ2n) is 6.83. The van der Waals surface area contributed by atoms with Crippen LogP contribution in [-0.4, -0.2) is 47.9 Å². The lowest BCUT2D eigenvalue weighted by Crippen LogP contribution is -2.35. The summed E-state index contributed by atoms with van der Waals surface area (Å²) in [7, 11) is 1.74. The zero-order valence-corrected chi connectivity index (χ0v) is 18.0. The van der Waals surface area contributed by atoms with Crippen LogP contribution in [0.5, 0.6) is 5.75 Å². The van der Waals surface area contributed by atoms with Gasteiger partial charge in [0.05, 0.1) is 15.0 Å². The Balaban J connectivity index is 1.82. The molecule has 1 atom stereocenters. The van der Waals surface area contributed by atoms with Gasteiger partial charge in [-0.2, -0.15) is 0 Å². The van der Waals surface area contributed by atoms with Gasteiger partial charge >= 0.3 is 0 Å². The molecule has 8 heteroatoms. The van der Waals surface area contributed by atoms with Crippen LogP contribution in [0.3, 0.4) is 0 Å². The number of carbonyl (C=O) groups is 4. The van der Waals surface area contributed by atoms with E-state index in [0.29, 0.717) is 40.6 Å². The molecule has 1 aromatic carbocycles. The van der Waals surface area contributed by atoms with Gasteiger partial charge in [0.2, 0.25) is 5.91 Å². The first-order valence-corrected chi connectivity index (χ1v) is 10.4. The van der Waals surface area contributed by atoms with E-state index in [2.05, 4.69) is 31.9 Å². The van der Waals surface area contributed by atoms with E-state index in [4.69, 9.17) is 4.74 Å². The van der Waals surface area contributed by atoms with Gasteiger partial charge in [0.15, 0.2) is 17.3 Å². The highest BCUT2D eigenvalue weighted by atomic mass is 79.9. The van der Waals surface area contributed by atoms with Gasteiger partial charge in [-0.3, -0.25) is 19.2 Å². The first-order valence-electron chi connectivity index (χ1n) is 8.77. The number of rotatable bonds is 5. The molecule has 6 nitrogen and oxygen atoms in total. The van der Waals surface area contributed by atoms with Crippen molar-refractivity contribution < 1.29 is 23.9 Å². The highest BCUT2D eigenvalue weighted by Gasteiger charge is 2.38. The van der Waals surface area contributed by atoms with Crippen LogP contribution in [0.4, 0.5) is 0 Å². The van der Waals surface area contributed by atoms with Gasteiger partial charge < -0.3 is 9.64 Å². The van der Waals surface area contributed by atoms with E-state index in [1.807, 2.05) is 0 Å². The summed E-state index contributed by atoms with van der Waals surface area (Å²) in [5.74, 6) is -1.85. The third-order valence-electron chi connectivity index (χ3n) is 5.12. The van der Waals surface area contributed by atoms with Crippen molar-refractivity contribution >= 4 is 55.1 Å². The second-order valence-corrected chi connectivity index (χ2v) is 8.48. The summed E-state index contributed by atoms with van der Waals surface area (Å²) in [6.07, 6.45) is 2.22. The molecular formula is C19H19Br2NO5. The monoisotopic (exact) mass is 499 g/mol. The van der Waals surface area contributed by atoms with Crippen LogP contribution in [-0.2, 0) is 14.4 Å². The number of ether oxygens (including phenoxy) is 1. The summed E-state index contributed by atoms with van der Waals surface area (Å²) in [6.45, 7) is 0.290. The number of halogens is 2. The molecule has 2 aliphatic rings. The van der Waals surface area contributed by atoms with Gasteiger partial charge in [-0.25, -0.2) is 0 Å². The average Bonchev–Trinajstić information content (AvgIpc) is 2.93. The van der Waals surface area contributed by atoms with Crippen LogP contribution in [0.15, 0.2) is 21.1 Å². The number of carbonyl (C=O) groups excluding carboxylic acids is 4. The van der Waals surface area contributed by atoms with E-state index in [0.717, 1.165) is 0 Å². The number of hydrogen-bond donors (Lipinski definition) is 0. The number of amides is 1. The third kappa shape index (κ3) is 4.01. The molecule has 0 aromatic heterocycles.